The van der Waals surface area contributed by atoms with E-state index >= 15 is 0 Å². The van der Waals surface area contributed by atoms with Gasteiger partial charge in [0.1, 0.15) is 0 Å². The number of hydrogen-bond acceptors (Lipinski definition) is 0. The van der Waals surface area contributed by atoms with Gasteiger partial charge in [0.15, 0.2) is 0 Å². The maximum absolute atomic E-state index is 2.31. The lowest BCUT2D eigenvalue weighted by atomic mass is 9.80. The van der Waals surface area contributed by atoms with Gasteiger partial charge in [-0.2, -0.15) is 0 Å². The zero-order chi connectivity index (χ0) is 11.6. The van der Waals surface area contributed by atoms with Gasteiger partial charge in [0.25, 0.3) is 0 Å². The van der Waals surface area contributed by atoms with Crippen molar-refractivity contribution in [1.29, 1.82) is 0 Å². The average molecular weight is 204 g/mol. The Bertz CT molecular complexity index is 328. The van der Waals surface area contributed by atoms with Gasteiger partial charge in [-0.05, 0) is 41.4 Å². The summed E-state index contributed by atoms with van der Waals surface area (Å²) in [4.78, 5) is 0. The van der Waals surface area contributed by atoms with Gasteiger partial charge in [-0.25, -0.2) is 0 Å². The number of rotatable bonds is 2. The number of hydrogen-bond donors (Lipinski definition) is 0. The normalized spacial score (nSPS) is 14.0. The van der Waals surface area contributed by atoms with Crippen LogP contribution in [0.1, 0.15) is 63.6 Å². The zero-order valence-electron chi connectivity index (χ0n) is 11.0. The summed E-state index contributed by atoms with van der Waals surface area (Å²) in [6, 6.07) is 6.75. The Balaban J connectivity index is 3.23. The molecule has 0 heterocycles. The van der Waals surface area contributed by atoms with Crippen molar-refractivity contribution >= 4 is 0 Å². The molecule has 1 atom stereocenters. The molecule has 1 aromatic rings. The molecule has 0 nitrogen and oxygen atoms in total. The minimum absolute atomic E-state index is 0.257. The van der Waals surface area contributed by atoms with Gasteiger partial charge < -0.3 is 0 Å². The van der Waals surface area contributed by atoms with E-state index in [0.29, 0.717) is 5.92 Å². The Morgan fingerprint density at radius 3 is 2.27 bits per heavy atom. The van der Waals surface area contributed by atoms with Crippen molar-refractivity contribution in [3.63, 3.8) is 0 Å². The van der Waals surface area contributed by atoms with Crippen LogP contribution in [0.2, 0.25) is 0 Å². The molecule has 0 aliphatic carbocycles. The van der Waals surface area contributed by atoms with Gasteiger partial charge in [-0.1, -0.05) is 52.8 Å². The molecule has 0 N–H and O–H groups in total. The second kappa shape index (κ2) is 4.38. The molecular weight excluding hydrogens is 180 g/mol. The first-order chi connectivity index (χ1) is 6.88. The van der Waals surface area contributed by atoms with Crippen LogP contribution in [0.15, 0.2) is 18.2 Å². The fraction of sp³-hybridized carbons (Fsp3) is 0.600. The summed E-state index contributed by atoms with van der Waals surface area (Å²) in [5.74, 6) is 0.673. The van der Waals surface area contributed by atoms with Gasteiger partial charge in [0.05, 0.1) is 0 Å². The Kier molecular flexibility index (Phi) is 3.59. The van der Waals surface area contributed by atoms with E-state index in [1.54, 1.807) is 0 Å². The molecule has 1 unspecified atom stereocenters. The van der Waals surface area contributed by atoms with Crippen molar-refractivity contribution in [1.82, 2.24) is 0 Å². The number of benzene rings is 1. The van der Waals surface area contributed by atoms with E-state index in [1.165, 1.54) is 23.1 Å². The van der Waals surface area contributed by atoms with Crippen LogP contribution in [0.5, 0.6) is 0 Å². The van der Waals surface area contributed by atoms with Gasteiger partial charge in [0.2, 0.25) is 0 Å². The predicted molar refractivity (Wildman–Crippen MR) is 68.6 cm³/mol. The Morgan fingerprint density at radius 2 is 1.80 bits per heavy atom. The molecule has 0 saturated carbocycles. The minimum Gasteiger partial charge on any atom is -0.0648 e. The molecule has 1 rings (SSSR count). The first-order valence-corrected chi connectivity index (χ1v) is 5.98. The Labute approximate surface area is 94.7 Å². The summed E-state index contributed by atoms with van der Waals surface area (Å²) in [7, 11) is 0. The van der Waals surface area contributed by atoms with Crippen LogP contribution in [0.25, 0.3) is 0 Å². The summed E-state index contributed by atoms with van der Waals surface area (Å²) in [5.41, 5.74) is 4.75. The lowest BCUT2D eigenvalue weighted by Gasteiger charge is -2.25. The van der Waals surface area contributed by atoms with E-state index in [0.717, 1.165) is 0 Å². The third-order valence-corrected chi connectivity index (χ3v) is 3.33. The van der Waals surface area contributed by atoms with Gasteiger partial charge in [-0.3, -0.25) is 0 Å². The van der Waals surface area contributed by atoms with Crippen molar-refractivity contribution in [3.05, 3.63) is 34.9 Å². The van der Waals surface area contributed by atoms with Crippen LogP contribution in [-0.2, 0) is 5.41 Å². The zero-order valence-corrected chi connectivity index (χ0v) is 11.0. The lowest BCUT2D eigenvalue weighted by Crippen LogP contribution is -2.14. The minimum atomic E-state index is 0.257. The van der Waals surface area contributed by atoms with E-state index in [4.69, 9.17) is 0 Å². The molecule has 0 fully saturated rings. The standard InChI is InChI=1S/C15H24/c1-7-11(2)13-9-8-10-14(12(13)3)15(4,5)6/h8-11H,7H2,1-6H3. The highest BCUT2D eigenvalue weighted by molar-refractivity contribution is 5.39. The van der Waals surface area contributed by atoms with Crippen LogP contribution in [0.3, 0.4) is 0 Å². The smallest absolute Gasteiger partial charge is 0.0129 e. The SMILES string of the molecule is CCC(C)c1cccc(C(C)(C)C)c1C. The topological polar surface area (TPSA) is 0 Å². The van der Waals surface area contributed by atoms with Gasteiger partial charge >= 0.3 is 0 Å². The molecule has 0 aromatic heterocycles. The molecule has 1 aromatic carbocycles. The lowest BCUT2D eigenvalue weighted by molar-refractivity contribution is 0.582. The van der Waals surface area contributed by atoms with E-state index in [2.05, 4.69) is 59.7 Å². The van der Waals surface area contributed by atoms with Crippen LogP contribution in [-0.4, -0.2) is 0 Å². The highest BCUT2D eigenvalue weighted by Gasteiger charge is 2.18. The van der Waals surface area contributed by atoms with Crippen molar-refractivity contribution in [2.45, 2.75) is 59.3 Å². The Hall–Kier alpha value is -0.780. The first kappa shape index (κ1) is 12.3. The molecule has 0 aliphatic heterocycles. The second-order valence-electron chi connectivity index (χ2n) is 5.58. The quantitative estimate of drug-likeness (QED) is 0.648. The molecule has 0 amide bonds. The molecule has 0 radical (unpaired) electrons. The highest BCUT2D eigenvalue weighted by Crippen LogP contribution is 2.31. The fourth-order valence-corrected chi connectivity index (χ4v) is 2.22. The maximum atomic E-state index is 2.31. The van der Waals surface area contributed by atoms with Crippen molar-refractivity contribution < 1.29 is 0 Å². The van der Waals surface area contributed by atoms with E-state index in [-0.39, 0.29) is 5.41 Å². The fourth-order valence-electron chi connectivity index (χ4n) is 2.22. The van der Waals surface area contributed by atoms with Crippen LogP contribution in [0.4, 0.5) is 0 Å². The summed E-state index contributed by atoms with van der Waals surface area (Å²) in [5, 5.41) is 0. The monoisotopic (exact) mass is 204 g/mol. The highest BCUT2D eigenvalue weighted by atomic mass is 14.2. The third kappa shape index (κ3) is 2.62. The summed E-state index contributed by atoms with van der Waals surface area (Å²) in [6.07, 6.45) is 1.22. The van der Waals surface area contributed by atoms with E-state index in [9.17, 15) is 0 Å². The maximum Gasteiger partial charge on any atom is -0.0129 e. The Morgan fingerprint density at radius 1 is 1.20 bits per heavy atom. The van der Waals surface area contributed by atoms with Crippen LogP contribution in [0, 0.1) is 6.92 Å². The predicted octanol–water partition coefficient (Wildman–Crippen LogP) is 4.81. The molecule has 15 heavy (non-hydrogen) atoms. The third-order valence-electron chi connectivity index (χ3n) is 3.33. The van der Waals surface area contributed by atoms with Crippen molar-refractivity contribution in [3.8, 4) is 0 Å². The second-order valence-corrected chi connectivity index (χ2v) is 5.58. The summed E-state index contributed by atoms with van der Waals surface area (Å²) >= 11 is 0. The first-order valence-electron chi connectivity index (χ1n) is 5.98. The van der Waals surface area contributed by atoms with E-state index in [1.807, 2.05) is 0 Å². The largest absolute Gasteiger partial charge is 0.0648 e. The van der Waals surface area contributed by atoms with Crippen LogP contribution >= 0.6 is 0 Å². The molecule has 84 valence electrons. The molecule has 0 aliphatic rings. The van der Waals surface area contributed by atoms with Crippen LogP contribution < -0.4 is 0 Å². The van der Waals surface area contributed by atoms with Crippen molar-refractivity contribution in [2.24, 2.45) is 0 Å². The molecule has 0 saturated heterocycles. The van der Waals surface area contributed by atoms with Gasteiger partial charge in [-0.15, -0.1) is 0 Å². The van der Waals surface area contributed by atoms with Gasteiger partial charge in [0, 0.05) is 0 Å². The molecular formula is C15H24. The average Bonchev–Trinajstić information content (AvgIpc) is 2.15. The summed E-state index contributed by atoms with van der Waals surface area (Å²) in [6.45, 7) is 13.7. The molecule has 0 heteroatoms. The van der Waals surface area contributed by atoms with Crippen molar-refractivity contribution in [2.75, 3.05) is 0 Å². The molecule has 0 bridgehead atoms. The summed E-state index contributed by atoms with van der Waals surface area (Å²) < 4.78 is 0. The van der Waals surface area contributed by atoms with E-state index < -0.39 is 0 Å². The molecule has 0 spiro atoms.